The Hall–Kier alpha value is -0.240. The van der Waals surface area contributed by atoms with Gasteiger partial charge in [0.15, 0.2) is 5.12 Å². The molecule has 0 bridgehead atoms. The molecule has 2 heteroatoms. The second-order valence-electron chi connectivity index (χ2n) is 1.77. The fraction of sp³-hybridized carbons (Fsp3) is 0.571. The van der Waals surface area contributed by atoms with E-state index in [1.165, 1.54) is 11.8 Å². The summed E-state index contributed by atoms with van der Waals surface area (Å²) in [7, 11) is 0. The summed E-state index contributed by atoms with van der Waals surface area (Å²) in [6, 6.07) is 0. The van der Waals surface area contributed by atoms with Gasteiger partial charge in [-0.15, -0.1) is 6.58 Å². The Labute approximate surface area is 60.5 Å². The Kier molecular flexibility index (Phi) is 5.73. The van der Waals surface area contributed by atoms with Crippen molar-refractivity contribution in [3.63, 3.8) is 0 Å². The molecule has 0 aliphatic heterocycles. The lowest BCUT2D eigenvalue weighted by atomic mass is 10.3. The van der Waals surface area contributed by atoms with Crippen LogP contribution in [-0.2, 0) is 4.79 Å². The van der Waals surface area contributed by atoms with Crippen LogP contribution in [0.2, 0.25) is 0 Å². The Morgan fingerprint density at radius 2 is 2.44 bits per heavy atom. The smallest absolute Gasteiger partial charge is 0.185 e. The third-order valence-electron chi connectivity index (χ3n) is 0.858. The molecule has 9 heavy (non-hydrogen) atoms. The lowest BCUT2D eigenvalue weighted by molar-refractivity contribution is -0.109. The summed E-state index contributed by atoms with van der Waals surface area (Å²) in [5.41, 5.74) is 0. The van der Waals surface area contributed by atoms with E-state index >= 15 is 0 Å². The van der Waals surface area contributed by atoms with Gasteiger partial charge in [-0.1, -0.05) is 17.8 Å². The third-order valence-corrected chi connectivity index (χ3v) is 1.76. The van der Waals surface area contributed by atoms with Crippen LogP contribution in [0.5, 0.6) is 0 Å². The Morgan fingerprint density at radius 1 is 1.78 bits per heavy atom. The molecule has 0 amide bonds. The minimum Gasteiger partial charge on any atom is -0.288 e. The van der Waals surface area contributed by atoms with Crippen LogP contribution in [0.4, 0.5) is 0 Å². The number of rotatable bonds is 4. The van der Waals surface area contributed by atoms with E-state index in [2.05, 4.69) is 6.58 Å². The topological polar surface area (TPSA) is 17.1 Å². The van der Waals surface area contributed by atoms with Crippen LogP contribution in [0.1, 0.15) is 19.8 Å². The van der Waals surface area contributed by atoms with E-state index in [-0.39, 0.29) is 5.12 Å². The highest BCUT2D eigenvalue weighted by Gasteiger charge is 1.90. The van der Waals surface area contributed by atoms with Crippen molar-refractivity contribution >= 4 is 16.9 Å². The molecule has 0 N–H and O–H groups in total. The molecule has 0 unspecified atom stereocenters. The molecule has 0 aromatic rings. The van der Waals surface area contributed by atoms with Crippen LogP contribution in [-0.4, -0.2) is 10.9 Å². The van der Waals surface area contributed by atoms with Crippen molar-refractivity contribution in [2.75, 3.05) is 5.75 Å². The van der Waals surface area contributed by atoms with Gasteiger partial charge in [0, 0.05) is 12.7 Å². The average molecular weight is 144 g/mol. The highest BCUT2D eigenvalue weighted by Crippen LogP contribution is 2.04. The maximum absolute atomic E-state index is 10.3. The van der Waals surface area contributed by atoms with Gasteiger partial charge in [0.2, 0.25) is 0 Å². The molecule has 0 saturated heterocycles. The van der Waals surface area contributed by atoms with Crippen LogP contribution < -0.4 is 0 Å². The average Bonchev–Trinajstić information content (AvgIpc) is 1.80. The van der Waals surface area contributed by atoms with E-state index in [0.29, 0.717) is 0 Å². The first-order chi connectivity index (χ1) is 4.27. The number of allylic oxidation sites excluding steroid dienone is 1. The summed E-state index contributed by atoms with van der Waals surface area (Å²) in [5, 5.41) is 0.207. The maximum atomic E-state index is 10.3. The maximum Gasteiger partial charge on any atom is 0.185 e. The minimum absolute atomic E-state index is 0.207. The normalized spacial score (nSPS) is 9.00. The fourth-order valence-electron chi connectivity index (χ4n) is 0.444. The fourth-order valence-corrected chi connectivity index (χ4v) is 1.04. The van der Waals surface area contributed by atoms with Gasteiger partial charge in [0.25, 0.3) is 0 Å². The number of hydrogen-bond donors (Lipinski definition) is 0. The molecule has 0 heterocycles. The van der Waals surface area contributed by atoms with Crippen LogP contribution in [0, 0.1) is 0 Å². The summed E-state index contributed by atoms with van der Waals surface area (Å²) >= 11 is 1.38. The Bertz CT molecular complexity index is 99.1. The molecule has 0 aliphatic rings. The molecule has 0 radical (unpaired) electrons. The van der Waals surface area contributed by atoms with Gasteiger partial charge in [0.1, 0.15) is 0 Å². The lowest BCUT2D eigenvalue weighted by Crippen LogP contribution is -1.84. The van der Waals surface area contributed by atoms with Gasteiger partial charge >= 0.3 is 0 Å². The first-order valence-corrected chi connectivity index (χ1v) is 4.00. The highest BCUT2D eigenvalue weighted by molar-refractivity contribution is 8.13. The number of carbonyl (C=O) groups is 1. The van der Waals surface area contributed by atoms with Crippen molar-refractivity contribution in [1.82, 2.24) is 0 Å². The van der Waals surface area contributed by atoms with Gasteiger partial charge in [-0.05, 0) is 12.8 Å². The van der Waals surface area contributed by atoms with E-state index in [9.17, 15) is 4.79 Å². The largest absolute Gasteiger partial charge is 0.288 e. The van der Waals surface area contributed by atoms with E-state index < -0.39 is 0 Å². The molecule has 0 spiro atoms. The first kappa shape index (κ1) is 8.76. The first-order valence-electron chi connectivity index (χ1n) is 3.01. The van der Waals surface area contributed by atoms with E-state index in [1.807, 2.05) is 6.08 Å². The Morgan fingerprint density at radius 3 is 2.89 bits per heavy atom. The van der Waals surface area contributed by atoms with E-state index in [0.717, 1.165) is 18.6 Å². The quantitative estimate of drug-likeness (QED) is 0.444. The summed E-state index contributed by atoms with van der Waals surface area (Å²) in [6.07, 6.45) is 3.95. The number of thioether (sulfide) groups is 1. The second kappa shape index (κ2) is 5.89. The monoisotopic (exact) mass is 144 g/mol. The molecular formula is C7H12OS. The van der Waals surface area contributed by atoms with Crippen LogP contribution >= 0.6 is 11.8 Å². The molecule has 52 valence electrons. The summed E-state index contributed by atoms with van der Waals surface area (Å²) in [4.78, 5) is 10.3. The summed E-state index contributed by atoms with van der Waals surface area (Å²) in [5.74, 6) is 0.932. The van der Waals surface area contributed by atoms with Gasteiger partial charge in [0.05, 0.1) is 0 Å². The molecule has 1 nitrogen and oxygen atoms in total. The molecule has 0 rings (SSSR count). The molecule has 0 fully saturated rings. The predicted molar refractivity (Wildman–Crippen MR) is 42.6 cm³/mol. The molecule has 0 aliphatic carbocycles. The van der Waals surface area contributed by atoms with Crippen LogP contribution in [0.25, 0.3) is 0 Å². The summed E-state index contributed by atoms with van der Waals surface area (Å²) < 4.78 is 0. The standard InChI is InChI=1S/C7H12OS/c1-3-4-5-6-9-7(2)8/h3H,1,4-6H2,2H3. The predicted octanol–water partition coefficient (Wildman–Crippen LogP) is 2.23. The van der Waals surface area contributed by atoms with Crippen LogP contribution in [0.15, 0.2) is 12.7 Å². The van der Waals surface area contributed by atoms with E-state index in [4.69, 9.17) is 0 Å². The molecule has 0 aromatic carbocycles. The van der Waals surface area contributed by atoms with Crippen LogP contribution in [0.3, 0.4) is 0 Å². The van der Waals surface area contributed by atoms with E-state index in [1.54, 1.807) is 6.92 Å². The van der Waals surface area contributed by atoms with Crippen molar-refractivity contribution in [3.8, 4) is 0 Å². The van der Waals surface area contributed by atoms with Crippen molar-refractivity contribution < 1.29 is 4.79 Å². The van der Waals surface area contributed by atoms with Crippen molar-refractivity contribution in [3.05, 3.63) is 12.7 Å². The zero-order valence-electron chi connectivity index (χ0n) is 5.72. The van der Waals surface area contributed by atoms with Gasteiger partial charge in [-0.25, -0.2) is 0 Å². The zero-order valence-corrected chi connectivity index (χ0v) is 6.54. The van der Waals surface area contributed by atoms with Gasteiger partial charge in [-0.3, -0.25) is 4.79 Å². The van der Waals surface area contributed by atoms with Gasteiger partial charge in [-0.2, -0.15) is 0 Å². The number of hydrogen-bond acceptors (Lipinski definition) is 2. The number of carbonyl (C=O) groups excluding carboxylic acids is 1. The van der Waals surface area contributed by atoms with Gasteiger partial charge < -0.3 is 0 Å². The molecule has 0 atom stereocenters. The highest BCUT2D eigenvalue weighted by atomic mass is 32.2. The summed E-state index contributed by atoms with van der Waals surface area (Å²) in [6.45, 7) is 5.18. The Balaban J connectivity index is 2.91. The minimum atomic E-state index is 0.207. The lowest BCUT2D eigenvalue weighted by Gasteiger charge is -1.91. The van der Waals surface area contributed by atoms with Crippen molar-refractivity contribution in [2.45, 2.75) is 19.8 Å². The van der Waals surface area contributed by atoms with Crippen molar-refractivity contribution in [2.24, 2.45) is 0 Å². The SMILES string of the molecule is C=CCCCSC(C)=O. The third kappa shape index (κ3) is 7.76. The number of unbranched alkanes of at least 4 members (excludes halogenated alkanes) is 1. The zero-order chi connectivity index (χ0) is 7.11. The molecular weight excluding hydrogens is 132 g/mol. The van der Waals surface area contributed by atoms with Crippen molar-refractivity contribution in [1.29, 1.82) is 0 Å². The molecule has 0 saturated carbocycles. The molecule has 0 aromatic heterocycles. The second-order valence-corrected chi connectivity index (χ2v) is 3.04.